The maximum absolute atomic E-state index is 13.5. The van der Waals surface area contributed by atoms with Crippen LogP contribution in [0, 0.1) is 0 Å². The third-order valence-electron chi connectivity index (χ3n) is 6.68. The van der Waals surface area contributed by atoms with Gasteiger partial charge in [0.15, 0.2) is 0 Å². The molecule has 1 N–H and O–H groups in total. The predicted molar refractivity (Wildman–Crippen MR) is 152 cm³/mol. The Morgan fingerprint density at radius 1 is 0.829 bits per heavy atom. The molecule has 2 unspecified atom stereocenters. The molecule has 1 heterocycles. The summed E-state index contributed by atoms with van der Waals surface area (Å²) >= 11 is -1.22. The third kappa shape index (κ3) is 6.67. The molecule has 35 heavy (non-hydrogen) atoms. The molecule has 0 radical (unpaired) electrons. The molecule has 0 saturated heterocycles. The molecule has 0 fully saturated rings. The first-order valence-electron chi connectivity index (χ1n) is 12.8. The maximum atomic E-state index is 13.5. The lowest BCUT2D eigenvalue weighted by atomic mass is 9.77. The van der Waals surface area contributed by atoms with Crippen LogP contribution in [0.3, 0.4) is 0 Å². The van der Waals surface area contributed by atoms with Crippen LogP contribution in [0.5, 0.6) is 0 Å². The van der Waals surface area contributed by atoms with Crippen LogP contribution in [0.2, 0.25) is 0 Å². The van der Waals surface area contributed by atoms with E-state index in [1.54, 1.807) is 0 Å². The zero-order chi connectivity index (χ0) is 26.2. The second kappa shape index (κ2) is 10.2. The van der Waals surface area contributed by atoms with E-state index in [1.807, 2.05) is 32.9 Å². The molecule has 0 saturated carbocycles. The van der Waals surface area contributed by atoms with Gasteiger partial charge in [-0.15, -0.1) is 4.72 Å². The Kier molecular flexibility index (Phi) is 8.10. The number of benzene rings is 2. The summed E-state index contributed by atoms with van der Waals surface area (Å²) in [5, 5.41) is 1.14. The molecule has 0 spiro atoms. The second-order valence-corrected chi connectivity index (χ2v) is 14.8. The van der Waals surface area contributed by atoms with E-state index in [2.05, 4.69) is 95.7 Å². The van der Waals surface area contributed by atoms with Crippen molar-refractivity contribution >= 4 is 22.3 Å². The van der Waals surface area contributed by atoms with Gasteiger partial charge in [-0.2, -0.15) is 0 Å². The van der Waals surface area contributed by atoms with E-state index in [0.717, 1.165) is 23.0 Å². The van der Waals surface area contributed by atoms with Crippen molar-refractivity contribution in [2.24, 2.45) is 0 Å². The zero-order valence-corrected chi connectivity index (χ0v) is 24.1. The van der Waals surface area contributed by atoms with Gasteiger partial charge in [0.25, 0.3) is 0 Å². The van der Waals surface area contributed by atoms with Gasteiger partial charge < -0.3 is 4.55 Å². The van der Waals surface area contributed by atoms with Crippen LogP contribution in [-0.4, -0.2) is 14.3 Å². The fraction of sp³-hybridized carbons (Fsp3) is 0.516. The number of pyridine rings is 1. The highest BCUT2D eigenvalue weighted by molar-refractivity contribution is 7.90. The average molecular weight is 493 g/mol. The van der Waals surface area contributed by atoms with Crippen LogP contribution < -0.4 is 4.72 Å². The van der Waals surface area contributed by atoms with Crippen molar-refractivity contribution in [2.75, 3.05) is 0 Å². The van der Waals surface area contributed by atoms with E-state index in [9.17, 15) is 4.55 Å². The molecule has 3 nitrogen and oxygen atoms in total. The first-order valence-corrected chi connectivity index (χ1v) is 14.0. The third-order valence-corrected chi connectivity index (χ3v) is 8.26. The summed E-state index contributed by atoms with van der Waals surface area (Å²) in [6.07, 6.45) is 0.884. The number of hydrogen-bond acceptors (Lipinski definition) is 3. The Morgan fingerprint density at radius 2 is 1.40 bits per heavy atom. The first kappa shape index (κ1) is 27.7. The van der Waals surface area contributed by atoms with Crippen molar-refractivity contribution in [1.29, 1.82) is 0 Å². The first-order chi connectivity index (χ1) is 16.1. The fourth-order valence-electron chi connectivity index (χ4n) is 4.28. The van der Waals surface area contributed by atoms with Gasteiger partial charge in [0, 0.05) is 28.4 Å². The van der Waals surface area contributed by atoms with E-state index in [-0.39, 0.29) is 27.5 Å². The SMILES string of the molecule is CCC(c1ccc2ccccc2n1)C(N[S@+]([O-])C(C)(C)C)c1cc(C(C)(C)C)cc(C(C)(C)C)c1. The van der Waals surface area contributed by atoms with Crippen LogP contribution in [0.25, 0.3) is 10.9 Å². The van der Waals surface area contributed by atoms with E-state index < -0.39 is 11.4 Å². The Balaban J connectivity index is 2.21. The second-order valence-electron chi connectivity index (χ2n) is 12.8. The topological polar surface area (TPSA) is 48.0 Å². The smallest absolute Gasteiger partial charge is 0.136 e. The molecule has 3 atom stereocenters. The Hall–Kier alpha value is -1.88. The zero-order valence-electron chi connectivity index (χ0n) is 23.3. The van der Waals surface area contributed by atoms with Crippen molar-refractivity contribution in [2.45, 2.75) is 103 Å². The normalized spacial score (nSPS) is 15.7. The summed E-state index contributed by atoms with van der Waals surface area (Å²) in [5.41, 5.74) is 5.83. The molecule has 0 amide bonds. The number of fused-ring (bicyclic) bond motifs is 1. The van der Waals surface area contributed by atoms with Crippen molar-refractivity contribution in [1.82, 2.24) is 9.71 Å². The lowest BCUT2D eigenvalue weighted by Gasteiger charge is -2.34. The van der Waals surface area contributed by atoms with Gasteiger partial charge in [-0.25, -0.2) is 0 Å². The lowest BCUT2D eigenvalue weighted by molar-refractivity contribution is 0.462. The monoisotopic (exact) mass is 492 g/mol. The molecular formula is C31H44N2OS. The number of aromatic nitrogens is 1. The molecule has 0 bridgehead atoms. The maximum Gasteiger partial charge on any atom is 0.136 e. The van der Waals surface area contributed by atoms with Gasteiger partial charge in [0.1, 0.15) is 4.75 Å². The van der Waals surface area contributed by atoms with Gasteiger partial charge in [0.05, 0.1) is 11.6 Å². The number of nitrogens with one attached hydrogen (secondary N) is 1. The molecule has 190 valence electrons. The fourth-order valence-corrected chi connectivity index (χ4v) is 5.16. The summed E-state index contributed by atoms with van der Waals surface area (Å²) in [7, 11) is 0. The van der Waals surface area contributed by atoms with Crippen LogP contribution in [0.4, 0.5) is 0 Å². The van der Waals surface area contributed by atoms with Crippen LogP contribution >= 0.6 is 0 Å². The van der Waals surface area contributed by atoms with Gasteiger partial charge >= 0.3 is 0 Å². The minimum Gasteiger partial charge on any atom is -0.598 e. The van der Waals surface area contributed by atoms with Crippen LogP contribution in [-0.2, 0) is 22.2 Å². The van der Waals surface area contributed by atoms with Gasteiger partial charge in [0.2, 0.25) is 0 Å². The minimum absolute atomic E-state index is 0.00660. The van der Waals surface area contributed by atoms with Gasteiger partial charge in [-0.1, -0.05) is 90.9 Å². The average Bonchev–Trinajstić information content (AvgIpc) is 2.76. The molecule has 4 heteroatoms. The highest BCUT2D eigenvalue weighted by Gasteiger charge is 2.35. The number of para-hydroxylation sites is 1. The number of nitrogens with zero attached hydrogens (tertiary/aromatic N) is 1. The summed E-state index contributed by atoms with van der Waals surface area (Å²) in [4.78, 5) is 5.07. The number of hydrogen-bond donors (Lipinski definition) is 1. The molecule has 3 aromatic rings. The molecule has 0 aliphatic heterocycles. The predicted octanol–water partition coefficient (Wildman–Crippen LogP) is 8.12. The van der Waals surface area contributed by atoms with Crippen molar-refractivity contribution < 1.29 is 4.55 Å². The van der Waals surface area contributed by atoms with E-state index in [0.29, 0.717) is 0 Å². The molecular weight excluding hydrogens is 448 g/mol. The molecule has 0 aliphatic carbocycles. The van der Waals surface area contributed by atoms with Crippen LogP contribution in [0.15, 0.2) is 54.6 Å². The van der Waals surface area contributed by atoms with Crippen molar-refractivity contribution in [3.05, 3.63) is 77.0 Å². The quantitative estimate of drug-likeness (QED) is 0.353. The lowest BCUT2D eigenvalue weighted by Crippen LogP contribution is -2.43. The van der Waals surface area contributed by atoms with Gasteiger partial charge in [-0.3, -0.25) is 4.98 Å². The van der Waals surface area contributed by atoms with E-state index >= 15 is 0 Å². The molecule has 1 aromatic heterocycles. The highest BCUT2D eigenvalue weighted by Crippen LogP contribution is 2.39. The van der Waals surface area contributed by atoms with Gasteiger partial charge in [-0.05, 0) is 66.8 Å². The Bertz CT molecular complexity index is 1120. The summed E-state index contributed by atoms with van der Waals surface area (Å²) in [5.74, 6) is 0.0777. The molecule has 3 rings (SSSR count). The van der Waals surface area contributed by atoms with E-state index in [1.165, 1.54) is 16.7 Å². The highest BCUT2D eigenvalue weighted by atomic mass is 32.2. The Labute approximate surface area is 216 Å². The summed E-state index contributed by atoms with van der Waals surface area (Å²) in [6, 6.07) is 19.4. The number of rotatable bonds is 6. The summed E-state index contributed by atoms with van der Waals surface area (Å²) < 4.78 is 16.6. The van der Waals surface area contributed by atoms with Crippen LogP contribution in [0.1, 0.15) is 110 Å². The molecule has 0 aliphatic rings. The summed E-state index contributed by atoms with van der Waals surface area (Å²) in [6.45, 7) is 21.8. The minimum atomic E-state index is -1.22. The van der Waals surface area contributed by atoms with Crippen molar-refractivity contribution in [3.63, 3.8) is 0 Å². The Morgan fingerprint density at radius 3 is 1.91 bits per heavy atom. The van der Waals surface area contributed by atoms with Crippen molar-refractivity contribution in [3.8, 4) is 0 Å². The van der Waals surface area contributed by atoms with E-state index in [4.69, 9.17) is 4.98 Å². The standard InChI is InChI=1S/C31H44N2OS/c1-11-25(27-17-16-21-14-12-13-15-26(21)32-27)28(33-35(34)31(8,9)10)22-18-23(29(2,3)4)20-24(19-22)30(5,6)7/h12-20,25,28,33H,11H2,1-10H3/t25?,28?,35-/m1/s1. The molecule has 2 aromatic carbocycles. The largest absolute Gasteiger partial charge is 0.598 e.